The molecule has 0 aliphatic heterocycles. The van der Waals surface area contributed by atoms with Crippen LogP contribution in [0.2, 0.25) is 10.0 Å². The van der Waals surface area contributed by atoms with Gasteiger partial charge in [-0.2, -0.15) is 0 Å². The van der Waals surface area contributed by atoms with Crippen LogP contribution in [0.4, 0.5) is 5.69 Å². The Kier molecular flexibility index (Phi) is 8.98. The fourth-order valence-corrected chi connectivity index (χ4v) is 3.73. The lowest BCUT2D eigenvalue weighted by molar-refractivity contribution is -0.113. The third-order valence-corrected chi connectivity index (χ3v) is 5.34. The summed E-state index contributed by atoms with van der Waals surface area (Å²) < 4.78 is 0. The van der Waals surface area contributed by atoms with Gasteiger partial charge in [0.1, 0.15) is 0 Å². The van der Waals surface area contributed by atoms with Crippen molar-refractivity contribution in [1.82, 2.24) is 5.32 Å². The van der Waals surface area contributed by atoms with Crippen LogP contribution in [0.15, 0.2) is 42.5 Å². The quantitative estimate of drug-likeness (QED) is 0.530. The molecule has 0 aliphatic carbocycles. The molecule has 0 aromatic heterocycles. The van der Waals surface area contributed by atoms with Crippen molar-refractivity contribution in [2.24, 2.45) is 0 Å². The molecule has 2 amide bonds. The number of amides is 2. The SMILES string of the molecule is CCCCNC(=O)c1ccccc1NC(=O)CSCc1ccc(Cl)cc1Cl. The van der Waals surface area contributed by atoms with E-state index in [-0.39, 0.29) is 17.6 Å². The number of para-hydroxylation sites is 1. The fraction of sp³-hybridized carbons (Fsp3) is 0.300. The maximum Gasteiger partial charge on any atom is 0.253 e. The number of carbonyl (C=O) groups excluding carboxylic acids is 2. The second-order valence-corrected chi connectivity index (χ2v) is 7.76. The molecule has 0 saturated heterocycles. The number of thioether (sulfide) groups is 1. The molecule has 0 atom stereocenters. The second kappa shape index (κ2) is 11.2. The molecule has 0 spiro atoms. The second-order valence-electron chi connectivity index (χ2n) is 5.93. The van der Waals surface area contributed by atoms with Gasteiger partial charge in [0.15, 0.2) is 0 Å². The highest BCUT2D eigenvalue weighted by atomic mass is 35.5. The van der Waals surface area contributed by atoms with Crippen LogP contribution in [0.1, 0.15) is 35.7 Å². The van der Waals surface area contributed by atoms with Crippen LogP contribution in [0.5, 0.6) is 0 Å². The average molecular weight is 425 g/mol. The number of rotatable bonds is 9. The summed E-state index contributed by atoms with van der Waals surface area (Å²) in [7, 11) is 0. The van der Waals surface area contributed by atoms with Gasteiger partial charge >= 0.3 is 0 Å². The minimum absolute atomic E-state index is 0.168. The van der Waals surface area contributed by atoms with Crippen LogP contribution >= 0.6 is 35.0 Å². The van der Waals surface area contributed by atoms with Gasteiger partial charge in [-0.15, -0.1) is 11.8 Å². The van der Waals surface area contributed by atoms with Gasteiger partial charge in [0.2, 0.25) is 5.91 Å². The summed E-state index contributed by atoms with van der Waals surface area (Å²) in [5.74, 6) is 0.506. The lowest BCUT2D eigenvalue weighted by Crippen LogP contribution is -2.26. The molecule has 0 unspecified atom stereocenters. The monoisotopic (exact) mass is 424 g/mol. The lowest BCUT2D eigenvalue weighted by Gasteiger charge is -2.11. The zero-order valence-corrected chi connectivity index (χ0v) is 17.4. The number of benzene rings is 2. The van der Waals surface area contributed by atoms with Gasteiger partial charge in [0, 0.05) is 22.3 Å². The van der Waals surface area contributed by atoms with Crippen molar-refractivity contribution in [2.45, 2.75) is 25.5 Å². The standard InChI is InChI=1S/C20H22Cl2N2O2S/c1-2-3-10-23-20(26)16-6-4-5-7-18(16)24-19(25)13-27-12-14-8-9-15(21)11-17(14)22/h4-9,11H,2-3,10,12-13H2,1H3,(H,23,26)(H,24,25). The van der Waals surface area contributed by atoms with Gasteiger partial charge in [0.25, 0.3) is 5.91 Å². The Morgan fingerprint density at radius 3 is 2.63 bits per heavy atom. The normalized spacial score (nSPS) is 10.5. The predicted octanol–water partition coefficient (Wildman–Crippen LogP) is 5.40. The van der Waals surface area contributed by atoms with Crippen molar-refractivity contribution in [1.29, 1.82) is 0 Å². The highest BCUT2D eigenvalue weighted by molar-refractivity contribution is 7.99. The van der Waals surface area contributed by atoms with E-state index >= 15 is 0 Å². The molecule has 2 N–H and O–H groups in total. The summed E-state index contributed by atoms with van der Waals surface area (Å²) in [4.78, 5) is 24.6. The Labute approximate surface area is 174 Å². The fourth-order valence-electron chi connectivity index (χ4n) is 2.34. The van der Waals surface area contributed by atoms with Crippen molar-refractivity contribution in [3.05, 3.63) is 63.6 Å². The number of hydrogen-bond donors (Lipinski definition) is 2. The van der Waals surface area contributed by atoms with Gasteiger partial charge in [-0.1, -0.05) is 54.7 Å². The molecule has 0 aliphatic rings. The first-order valence-corrected chi connectivity index (χ1v) is 10.6. The number of carbonyl (C=O) groups is 2. The Morgan fingerprint density at radius 2 is 1.89 bits per heavy atom. The van der Waals surface area contributed by atoms with Crippen molar-refractivity contribution in [3.63, 3.8) is 0 Å². The molecule has 2 aromatic rings. The van der Waals surface area contributed by atoms with E-state index in [0.29, 0.717) is 33.6 Å². The number of hydrogen-bond acceptors (Lipinski definition) is 3. The van der Waals surface area contributed by atoms with Crippen molar-refractivity contribution >= 4 is 52.5 Å². The van der Waals surface area contributed by atoms with E-state index in [1.54, 1.807) is 36.4 Å². The van der Waals surface area contributed by atoms with Crippen molar-refractivity contribution in [3.8, 4) is 0 Å². The third-order valence-electron chi connectivity index (χ3n) is 3.77. The third kappa shape index (κ3) is 7.09. The van der Waals surface area contributed by atoms with E-state index in [4.69, 9.17) is 23.2 Å². The van der Waals surface area contributed by atoms with Crippen LogP contribution in [0.3, 0.4) is 0 Å². The molecular formula is C20H22Cl2N2O2S. The summed E-state index contributed by atoms with van der Waals surface area (Å²) in [6, 6.07) is 12.3. The summed E-state index contributed by atoms with van der Waals surface area (Å²) in [6.07, 6.45) is 1.93. The first-order chi connectivity index (χ1) is 13.0. The van der Waals surface area contributed by atoms with Gasteiger partial charge in [0.05, 0.1) is 17.0 Å². The van der Waals surface area contributed by atoms with Crippen LogP contribution < -0.4 is 10.6 Å². The minimum Gasteiger partial charge on any atom is -0.352 e. The molecule has 27 heavy (non-hydrogen) atoms. The zero-order chi connectivity index (χ0) is 19.6. The largest absolute Gasteiger partial charge is 0.352 e. The number of anilines is 1. The van der Waals surface area contributed by atoms with Crippen LogP contribution in [0.25, 0.3) is 0 Å². The number of halogens is 2. The summed E-state index contributed by atoms with van der Waals surface area (Å²) in [5, 5.41) is 6.86. The molecule has 0 bridgehead atoms. The smallest absolute Gasteiger partial charge is 0.253 e. The van der Waals surface area contributed by atoms with Crippen LogP contribution in [-0.2, 0) is 10.5 Å². The Balaban J connectivity index is 1.89. The average Bonchev–Trinajstić information content (AvgIpc) is 2.64. The highest BCUT2D eigenvalue weighted by Gasteiger charge is 2.13. The van der Waals surface area contributed by atoms with Gasteiger partial charge < -0.3 is 10.6 Å². The predicted molar refractivity (Wildman–Crippen MR) is 115 cm³/mol. The van der Waals surface area contributed by atoms with Gasteiger partial charge in [-0.3, -0.25) is 9.59 Å². The molecule has 0 saturated carbocycles. The van der Waals surface area contributed by atoms with Crippen molar-refractivity contribution < 1.29 is 9.59 Å². The first kappa shape index (κ1) is 21.6. The minimum atomic E-state index is -0.181. The molecule has 0 radical (unpaired) electrons. The topological polar surface area (TPSA) is 58.2 Å². The Hall–Kier alpha value is -1.69. The molecular weight excluding hydrogens is 403 g/mol. The molecule has 2 aromatic carbocycles. The van der Waals surface area contributed by atoms with Crippen molar-refractivity contribution in [2.75, 3.05) is 17.6 Å². The Morgan fingerprint density at radius 1 is 1.11 bits per heavy atom. The molecule has 7 heteroatoms. The summed E-state index contributed by atoms with van der Waals surface area (Å²) in [5.41, 5.74) is 1.91. The molecule has 4 nitrogen and oxygen atoms in total. The van der Waals surface area contributed by atoms with Gasteiger partial charge in [-0.25, -0.2) is 0 Å². The molecule has 2 rings (SSSR count). The van der Waals surface area contributed by atoms with Crippen LogP contribution in [-0.4, -0.2) is 24.1 Å². The van der Waals surface area contributed by atoms with E-state index in [9.17, 15) is 9.59 Å². The lowest BCUT2D eigenvalue weighted by atomic mass is 10.1. The highest BCUT2D eigenvalue weighted by Crippen LogP contribution is 2.25. The zero-order valence-electron chi connectivity index (χ0n) is 15.1. The van der Waals surface area contributed by atoms with E-state index < -0.39 is 0 Å². The van der Waals surface area contributed by atoms with E-state index in [1.165, 1.54) is 11.8 Å². The summed E-state index contributed by atoms with van der Waals surface area (Å²) >= 11 is 13.5. The Bertz CT molecular complexity index is 799. The maximum atomic E-state index is 12.3. The molecule has 0 fully saturated rings. The van der Waals surface area contributed by atoms with E-state index in [1.807, 2.05) is 6.07 Å². The van der Waals surface area contributed by atoms with E-state index in [0.717, 1.165) is 18.4 Å². The van der Waals surface area contributed by atoms with E-state index in [2.05, 4.69) is 17.6 Å². The first-order valence-electron chi connectivity index (χ1n) is 8.70. The molecule has 144 valence electrons. The summed E-state index contributed by atoms with van der Waals surface area (Å²) in [6.45, 7) is 2.69. The number of unbranched alkanes of at least 4 members (excludes halogenated alkanes) is 1. The molecule has 0 heterocycles. The number of nitrogens with one attached hydrogen (secondary N) is 2. The maximum absolute atomic E-state index is 12.3. The van der Waals surface area contributed by atoms with Crippen LogP contribution in [0, 0.1) is 0 Å². The van der Waals surface area contributed by atoms with Gasteiger partial charge in [-0.05, 0) is 36.2 Å².